The largest absolute Gasteiger partial charge is 0.395 e. The Hall–Kier alpha value is 0.170. The molecular weight excluding hydrogens is 142 g/mol. The van der Waals surface area contributed by atoms with Gasteiger partial charge < -0.3 is 15.2 Å². The molecule has 4 heteroatoms. The number of aliphatic hydroxyl groups excluding tert-OH is 1. The molecule has 56 valence electrons. The van der Waals surface area contributed by atoms with Crippen molar-refractivity contribution < 1.29 is 9.84 Å². The first-order chi connectivity index (χ1) is 3.93. The van der Waals surface area contributed by atoms with E-state index in [2.05, 4.69) is 5.32 Å². The molecule has 0 saturated carbocycles. The van der Waals surface area contributed by atoms with Crippen molar-refractivity contribution in [3.63, 3.8) is 0 Å². The zero-order valence-corrected chi connectivity index (χ0v) is 5.99. The Bertz CT molecular complexity index is 66.0. The average molecular weight is 154 g/mol. The second kappa shape index (κ2) is 4.99. The Morgan fingerprint density at radius 1 is 1.67 bits per heavy atom. The number of halogens is 1. The van der Waals surface area contributed by atoms with Crippen LogP contribution in [0, 0.1) is 0 Å². The Morgan fingerprint density at radius 3 is 2.78 bits per heavy atom. The van der Waals surface area contributed by atoms with E-state index in [1.54, 1.807) is 0 Å². The summed E-state index contributed by atoms with van der Waals surface area (Å²) in [6.45, 7) is 2.47. The van der Waals surface area contributed by atoms with Crippen LogP contribution in [0.15, 0.2) is 0 Å². The third-order valence-corrected chi connectivity index (χ3v) is 1.22. The van der Waals surface area contributed by atoms with Gasteiger partial charge >= 0.3 is 0 Å². The molecule has 9 heavy (non-hydrogen) atoms. The molecule has 1 atom stereocenters. The van der Waals surface area contributed by atoms with Gasteiger partial charge in [-0.2, -0.15) is 0 Å². The monoisotopic (exact) mass is 153 g/mol. The fraction of sp³-hybridized carbons (Fsp3) is 1.00. The van der Waals surface area contributed by atoms with Crippen LogP contribution in [0.2, 0.25) is 0 Å². The number of hydrogen-bond donors (Lipinski definition) is 2. The Kier molecular flexibility index (Phi) is 5.09. The summed E-state index contributed by atoms with van der Waals surface area (Å²) in [6, 6.07) is 0.170. The maximum absolute atomic E-state index is 8.55. The standard InChI is InChI=1S/C5H11NO2.ClH/c7-3-5-4-8-2-1-6-5;/h5-7H,1-4H2;1H. The predicted molar refractivity (Wildman–Crippen MR) is 36.9 cm³/mol. The predicted octanol–water partition coefficient (Wildman–Crippen LogP) is -0.611. The van der Waals surface area contributed by atoms with Crippen molar-refractivity contribution in [1.82, 2.24) is 5.32 Å². The number of ether oxygens (including phenoxy) is 1. The van der Waals surface area contributed by atoms with Crippen molar-refractivity contribution in [2.45, 2.75) is 6.04 Å². The second-order valence-electron chi connectivity index (χ2n) is 1.91. The zero-order chi connectivity index (χ0) is 5.82. The van der Waals surface area contributed by atoms with Gasteiger partial charge in [-0.25, -0.2) is 0 Å². The molecular formula is C5H12ClNO2. The third-order valence-electron chi connectivity index (χ3n) is 1.22. The van der Waals surface area contributed by atoms with Gasteiger partial charge in [0.1, 0.15) is 0 Å². The average Bonchev–Trinajstić information content (AvgIpc) is 1.90. The van der Waals surface area contributed by atoms with Gasteiger partial charge in [-0.3, -0.25) is 0 Å². The molecule has 1 aliphatic rings. The van der Waals surface area contributed by atoms with Crippen LogP contribution < -0.4 is 5.32 Å². The van der Waals surface area contributed by atoms with Crippen LogP contribution in [0.4, 0.5) is 0 Å². The Labute approximate surface area is 60.8 Å². The van der Waals surface area contributed by atoms with E-state index in [1.807, 2.05) is 0 Å². The topological polar surface area (TPSA) is 41.5 Å². The molecule has 0 aliphatic carbocycles. The Morgan fingerprint density at radius 2 is 2.44 bits per heavy atom. The molecule has 0 amide bonds. The van der Waals surface area contributed by atoms with Crippen LogP contribution in [0.1, 0.15) is 0 Å². The van der Waals surface area contributed by atoms with Crippen LogP contribution in [0.3, 0.4) is 0 Å². The molecule has 1 aliphatic heterocycles. The van der Waals surface area contributed by atoms with Gasteiger partial charge in [-0.15, -0.1) is 12.4 Å². The van der Waals surface area contributed by atoms with E-state index in [-0.39, 0.29) is 25.1 Å². The smallest absolute Gasteiger partial charge is 0.0642 e. The molecule has 1 fully saturated rings. The van der Waals surface area contributed by atoms with E-state index in [0.29, 0.717) is 6.61 Å². The summed E-state index contributed by atoms with van der Waals surface area (Å²) in [4.78, 5) is 0. The highest BCUT2D eigenvalue weighted by atomic mass is 35.5. The van der Waals surface area contributed by atoms with E-state index in [4.69, 9.17) is 9.84 Å². The fourth-order valence-corrected chi connectivity index (χ4v) is 0.737. The molecule has 0 radical (unpaired) electrons. The van der Waals surface area contributed by atoms with E-state index in [0.717, 1.165) is 13.2 Å². The summed E-state index contributed by atoms with van der Waals surface area (Å²) in [5.74, 6) is 0. The quantitative estimate of drug-likeness (QED) is 0.528. The highest BCUT2D eigenvalue weighted by molar-refractivity contribution is 5.85. The van der Waals surface area contributed by atoms with Crippen LogP contribution in [-0.2, 0) is 4.74 Å². The number of hydrogen-bond acceptors (Lipinski definition) is 3. The lowest BCUT2D eigenvalue weighted by Crippen LogP contribution is -2.43. The van der Waals surface area contributed by atoms with Crippen LogP contribution in [0.5, 0.6) is 0 Å². The van der Waals surface area contributed by atoms with Crippen molar-refractivity contribution in [3.05, 3.63) is 0 Å². The third kappa shape index (κ3) is 3.01. The zero-order valence-electron chi connectivity index (χ0n) is 5.17. The molecule has 0 aromatic heterocycles. The van der Waals surface area contributed by atoms with E-state index < -0.39 is 0 Å². The summed E-state index contributed by atoms with van der Waals surface area (Å²) in [6.07, 6.45) is 0. The highest BCUT2D eigenvalue weighted by Gasteiger charge is 2.09. The number of morpholine rings is 1. The molecule has 2 N–H and O–H groups in total. The Balaban J connectivity index is 0.000000640. The van der Waals surface area contributed by atoms with Crippen molar-refractivity contribution >= 4 is 12.4 Å². The maximum Gasteiger partial charge on any atom is 0.0642 e. The van der Waals surface area contributed by atoms with Crippen molar-refractivity contribution in [2.24, 2.45) is 0 Å². The maximum atomic E-state index is 8.55. The van der Waals surface area contributed by atoms with Crippen LogP contribution in [0.25, 0.3) is 0 Å². The number of rotatable bonds is 1. The van der Waals surface area contributed by atoms with E-state index in [1.165, 1.54) is 0 Å². The summed E-state index contributed by atoms with van der Waals surface area (Å²) in [5, 5.41) is 11.6. The van der Waals surface area contributed by atoms with Gasteiger partial charge in [-0.05, 0) is 0 Å². The molecule has 0 aromatic carbocycles. The second-order valence-corrected chi connectivity index (χ2v) is 1.91. The molecule has 0 aromatic rings. The van der Waals surface area contributed by atoms with Gasteiger partial charge in [0.05, 0.1) is 25.9 Å². The first-order valence-corrected chi connectivity index (χ1v) is 2.85. The minimum atomic E-state index is 0. The minimum Gasteiger partial charge on any atom is -0.395 e. The van der Waals surface area contributed by atoms with Crippen LogP contribution >= 0.6 is 12.4 Å². The number of nitrogens with one attached hydrogen (secondary N) is 1. The van der Waals surface area contributed by atoms with Crippen molar-refractivity contribution in [1.29, 1.82) is 0 Å². The lowest BCUT2D eigenvalue weighted by atomic mass is 10.3. The normalized spacial score (nSPS) is 27.0. The lowest BCUT2D eigenvalue weighted by molar-refractivity contribution is 0.0550. The van der Waals surface area contributed by atoms with Crippen molar-refractivity contribution in [2.75, 3.05) is 26.4 Å². The van der Waals surface area contributed by atoms with Gasteiger partial charge in [0.2, 0.25) is 0 Å². The molecule has 1 heterocycles. The van der Waals surface area contributed by atoms with Gasteiger partial charge in [0.15, 0.2) is 0 Å². The molecule has 1 unspecified atom stereocenters. The molecule has 3 nitrogen and oxygen atoms in total. The summed E-state index contributed by atoms with van der Waals surface area (Å²) in [5.41, 5.74) is 0. The minimum absolute atomic E-state index is 0. The highest BCUT2D eigenvalue weighted by Crippen LogP contribution is 1.89. The summed E-state index contributed by atoms with van der Waals surface area (Å²) < 4.78 is 5.05. The van der Waals surface area contributed by atoms with E-state index >= 15 is 0 Å². The first-order valence-electron chi connectivity index (χ1n) is 2.85. The van der Waals surface area contributed by atoms with Gasteiger partial charge in [-0.1, -0.05) is 0 Å². The lowest BCUT2D eigenvalue weighted by Gasteiger charge is -2.21. The van der Waals surface area contributed by atoms with Crippen molar-refractivity contribution in [3.8, 4) is 0 Å². The van der Waals surface area contributed by atoms with E-state index in [9.17, 15) is 0 Å². The number of aliphatic hydroxyl groups is 1. The summed E-state index contributed by atoms with van der Waals surface area (Å²) in [7, 11) is 0. The molecule has 0 bridgehead atoms. The fourth-order valence-electron chi connectivity index (χ4n) is 0.737. The molecule has 1 rings (SSSR count). The molecule has 1 saturated heterocycles. The summed E-state index contributed by atoms with van der Waals surface area (Å²) >= 11 is 0. The molecule has 0 spiro atoms. The SMILES string of the molecule is Cl.OCC1COCCN1. The van der Waals surface area contributed by atoms with Gasteiger partial charge in [0.25, 0.3) is 0 Å². The first kappa shape index (κ1) is 9.17. The van der Waals surface area contributed by atoms with Gasteiger partial charge in [0, 0.05) is 6.54 Å². The van der Waals surface area contributed by atoms with Crippen LogP contribution in [-0.4, -0.2) is 37.5 Å².